The van der Waals surface area contributed by atoms with E-state index in [2.05, 4.69) is 16.7 Å². The molecule has 4 nitrogen and oxygen atoms in total. The van der Waals surface area contributed by atoms with Crippen LogP contribution in [0.5, 0.6) is 0 Å². The second-order valence-electron chi connectivity index (χ2n) is 4.59. The number of benzene rings is 1. The molecule has 1 aromatic carbocycles. The Bertz CT molecular complexity index is 577. The first-order valence-corrected chi connectivity index (χ1v) is 7.47. The van der Waals surface area contributed by atoms with Crippen LogP contribution in [0, 0.1) is 0 Å². The number of nitrogens with one attached hydrogen (secondary N) is 2. The van der Waals surface area contributed by atoms with Crippen molar-refractivity contribution >= 4 is 22.9 Å². The molecule has 1 fully saturated rings. The summed E-state index contributed by atoms with van der Waals surface area (Å²) >= 11 is 1.66. The van der Waals surface area contributed by atoms with Gasteiger partial charge >= 0.3 is 0 Å². The molecule has 1 aliphatic rings. The first kappa shape index (κ1) is 13.3. The van der Waals surface area contributed by atoms with Crippen LogP contribution in [0.2, 0.25) is 0 Å². The first-order chi connectivity index (χ1) is 9.84. The molecule has 3 rings (SSSR count). The fourth-order valence-electron chi connectivity index (χ4n) is 2.19. The molecule has 20 heavy (non-hydrogen) atoms. The van der Waals surface area contributed by atoms with E-state index in [0.717, 1.165) is 16.1 Å². The van der Waals surface area contributed by atoms with Crippen LogP contribution in [-0.2, 0) is 9.53 Å². The van der Waals surface area contributed by atoms with Gasteiger partial charge in [-0.2, -0.15) is 0 Å². The summed E-state index contributed by atoms with van der Waals surface area (Å²) in [4.78, 5) is 13.4. The molecule has 1 saturated heterocycles. The van der Waals surface area contributed by atoms with Crippen molar-refractivity contribution in [2.75, 3.05) is 25.1 Å². The van der Waals surface area contributed by atoms with Crippen LogP contribution in [0.15, 0.2) is 41.8 Å². The molecule has 0 bridgehead atoms. The molecule has 2 aromatic rings. The molecular weight excluding hydrogens is 272 g/mol. The molecule has 104 valence electrons. The standard InChI is InChI=1S/C15H16N2O2S/c18-15(13-10-19-8-7-16-13)17-12-5-2-1-4-11(12)14-6-3-9-20-14/h1-6,9,13,16H,7-8,10H2,(H,17,18). The van der Waals surface area contributed by atoms with Gasteiger partial charge in [-0.25, -0.2) is 0 Å². The van der Waals surface area contributed by atoms with Gasteiger partial charge in [0.1, 0.15) is 6.04 Å². The van der Waals surface area contributed by atoms with E-state index in [4.69, 9.17) is 4.74 Å². The number of carbonyl (C=O) groups excluding carboxylic acids is 1. The van der Waals surface area contributed by atoms with Crippen LogP contribution in [0.3, 0.4) is 0 Å². The summed E-state index contributed by atoms with van der Waals surface area (Å²) in [6.07, 6.45) is 0. The van der Waals surface area contributed by atoms with Gasteiger partial charge in [0.05, 0.1) is 13.2 Å². The van der Waals surface area contributed by atoms with Crippen LogP contribution in [-0.4, -0.2) is 31.7 Å². The highest BCUT2D eigenvalue weighted by Crippen LogP contribution is 2.31. The molecule has 1 aliphatic heterocycles. The van der Waals surface area contributed by atoms with E-state index < -0.39 is 0 Å². The van der Waals surface area contributed by atoms with E-state index >= 15 is 0 Å². The molecule has 0 spiro atoms. The Kier molecular flexibility index (Phi) is 4.11. The van der Waals surface area contributed by atoms with Crippen molar-refractivity contribution in [3.05, 3.63) is 41.8 Å². The Labute approximate surface area is 121 Å². The van der Waals surface area contributed by atoms with Gasteiger partial charge in [-0.05, 0) is 17.5 Å². The van der Waals surface area contributed by atoms with Crippen molar-refractivity contribution in [2.24, 2.45) is 0 Å². The lowest BCUT2D eigenvalue weighted by atomic mass is 10.1. The second kappa shape index (κ2) is 6.17. The normalized spacial score (nSPS) is 18.7. The molecule has 1 unspecified atom stereocenters. The van der Waals surface area contributed by atoms with E-state index in [1.54, 1.807) is 11.3 Å². The lowest BCUT2D eigenvalue weighted by molar-refractivity contribution is -0.120. The summed E-state index contributed by atoms with van der Waals surface area (Å²) in [5, 5.41) is 8.18. The lowest BCUT2D eigenvalue weighted by Gasteiger charge is -2.23. The van der Waals surface area contributed by atoms with Crippen LogP contribution in [0.4, 0.5) is 5.69 Å². The van der Waals surface area contributed by atoms with Crippen molar-refractivity contribution in [1.29, 1.82) is 0 Å². The number of hydrogen-bond donors (Lipinski definition) is 2. The molecule has 0 radical (unpaired) electrons. The molecule has 1 aromatic heterocycles. The largest absolute Gasteiger partial charge is 0.378 e. The number of hydrogen-bond acceptors (Lipinski definition) is 4. The highest BCUT2D eigenvalue weighted by atomic mass is 32.1. The van der Waals surface area contributed by atoms with Gasteiger partial charge in [0.25, 0.3) is 0 Å². The van der Waals surface area contributed by atoms with Crippen molar-refractivity contribution in [2.45, 2.75) is 6.04 Å². The Morgan fingerprint density at radius 1 is 1.30 bits per heavy atom. The van der Waals surface area contributed by atoms with Gasteiger partial charge in [0, 0.05) is 22.7 Å². The smallest absolute Gasteiger partial charge is 0.243 e. The molecular formula is C15H16N2O2S. The molecule has 0 aliphatic carbocycles. The summed E-state index contributed by atoms with van der Waals surface area (Å²) in [5.74, 6) is -0.0475. The molecule has 2 N–H and O–H groups in total. The highest BCUT2D eigenvalue weighted by molar-refractivity contribution is 7.13. The SMILES string of the molecule is O=C(Nc1ccccc1-c1cccs1)C1COCCN1. The zero-order valence-corrected chi connectivity index (χ0v) is 11.8. The number of anilines is 1. The molecule has 2 heterocycles. The maximum absolute atomic E-state index is 12.2. The summed E-state index contributed by atoms with van der Waals surface area (Å²) in [5.41, 5.74) is 1.89. The average Bonchev–Trinajstić information content (AvgIpc) is 3.03. The van der Waals surface area contributed by atoms with Crippen LogP contribution in [0.1, 0.15) is 0 Å². The Hall–Kier alpha value is -1.69. The van der Waals surface area contributed by atoms with Gasteiger partial charge < -0.3 is 15.4 Å². The zero-order chi connectivity index (χ0) is 13.8. The fourth-order valence-corrected chi connectivity index (χ4v) is 2.96. The quantitative estimate of drug-likeness (QED) is 0.911. The van der Waals surface area contributed by atoms with Gasteiger partial charge in [0.2, 0.25) is 5.91 Å². The fraction of sp³-hybridized carbons (Fsp3) is 0.267. The van der Waals surface area contributed by atoms with Crippen LogP contribution < -0.4 is 10.6 Å². The van der Waals surface area contributed by atoms with Crippen LogP contribution >= 0.6 is 11.3 Å². The second-order valence-corrected chi connectivity index (χ2v) is 5.54. The van der Waals surface area contributed by atoms with Gasteiger partial charge in [-0.3, -0.25) is 4.79 Å². The Morgan fingerprint density at radius 3 is 2.95 bits per heavy atom. The monoisotopic (exact) mass is 288 g/mol. The number of ether oxygens (including phenoxy) is 1. The maximum Gasteiger partial charge on any atom is 0.243 e. The van der Waals surface area contributed by atoms with Gasteiger partial charge in [-0.1, -0.05) is 24.3 Å². The minimum Gasteiger partial charge on any atom is -0.378 e. The molecule has 1 amide bonds. The molecule has 5 heteroatoms. The number of para-hydroxylation sites is 1. The maximum atomic E-state index is 12.2. The Balaban J connectivity index is 1.79. The molecule has 0 saturated carbocycles. The van der Waals surface area contributed by atoms with Crippen molar-refractivity contribution in [3.8, 4) is 10.4 Å². The minimum absolute atomic E-state index is 0.0475. The average molecular weight is 288 g/mol. The molecule has 1 atom stereocenters. The summed E-state index contributed by atoms with van der Waals surface area (Å²) in [6, 6.07) is 11.6. The third-order valence-corrected chi connectivity index (χ3v) is 4.11. The van der Waals surface area contributed by atoms with Crippen molar-refractivity contribution < 1.29 is 9.53 Å². The first-order valence-electron chi connectivity index (χ1n) is 6.59. The third-order valence-electron chi connectivity index (χ3n) is 3.21. The predicted molar refractivity (Wildman–Crippen MR) is 81.0 cm³/mol. The lowest BCUT2D eigenvalue weighted by Crippen LogP contribution is -2.48. The third kappa shape index (κ3) is 2.90. The van der Waals surface area contributed by atoms with E-state index in [9.17, 15) is 4.79 Å². The van der Waals surface area contributed by atoms with Gasteiger partial charge in [-0.15, -0.1) is 11.3 Å². The van der Waals surface area contributed by atoms with E-state index in [1.165, 1.54) is 0 Å². The van der Waals surface area contributed by atoms with Gasteiger partial charge in [0.15, 0.2) is 0 Å². The highest BCUT2D eigenvalue weighted by Gasteiger charge is 2.21. The van der Waals surface area contributed by atoms with E-state index in [-0.39, 0.29) is 11.9 Å². The van der Waals surface area contributed by atoms with Crippen LogP contribution in [0.25, 0.3) is 10.4 Å². The minimum atomic E-state index is -0.278. The number of rotatable bonds is 3. The van der Waals surface area contributed by atoms with Crippen molar-refractivity contribution in [3.63, 3.8) is 0 Å². The number of morpholine rings is 1. The predicted octanol–water partition coefficient (Wildman–Crippen LogP) is 2.34. The van der Waals surface area contributed by atoms with E-state index in [1.807, 2.05) is 35.7 Å². The summed E-state index contributed by atoms with van der Waals surface area (Å²) < 4.78 is 5.32. The summed E-state index contributed by atoms with van der Waals surface area (Å²) in [6.45, 7) is 1.80. The summed E-state index contributed by atoms with van der Waals surface area (Å²) in [7, 11) is 0. The number of thiophene rings is 1. The topological polar surface area (TPSA) is 50.4 Å². The number of amides is 1. The van der Waals surface area contributed by atoms with Crippen molar-refractivity contribution in [1.82, 2.24) is 5.32 Å². The van der Waals surface area contributed by atoms with E-state index in [0.29, 0.717) is 19.8 Å². The number of carbonyl (C=O) groups is 1. The zero-order valence-electron chi connectivity index (χ0n) is 11.0. The Morgan fingerprint density at radius 2 is 2.20 bits per heavy atom.